The van der Waals surface area contributed by atoms with Gasteiger partial charge in [-0.2, -0.15) is 4.98 Å². The lowest BCUT2D eigenvalue weighted by atomic mass is 10.2. The summed E-state index contributed by atoms with van der Waals surface area (Å²) in [7, 11) is 3.13. The molecule has 0 N–H and O–H groups in total. The fourth-order valence-electron chi connectivity index (χ4n) is 3.52. The van der Waals surface area contributed by atoms with E-state index in [-0.39, 0.29) is 11.3 Å². The third kappa shape index (κ3) is 4.60. The summed E-state index contributed by atoms with van der Waals surface area (Å²) >= 11 is 1.26. The van der Waals surface area contributed by atoms with Crippen molar-refractivity contribution in [2.45, 2.75) is 10.9 Å². The van der Waals surface area contributed by atoms with E-state index in [1.807, 2.05) is 6.07 Å². The first-order valence-electron chi connectivity index (χ1n) is 10.5. The second kappa shape index (κ2) is 9.59. The maximum absolute atomic E-state index is 13.5. The number of ether oxygens (including phenoxy) is 2. The molecule has 176 valence electrons. The van der Waals surface area contributed by atoms with Crippen LogP contribution in [-0.2, 0) is 5.75 Å². The van der Waals surface area contributed by atoms with Crippen LogP contribution in [0.2, 0.25) is 0 Å². The van der Waals surface area contributed by atoms with Crippen molar-refractivity contribution in [3.63, 3.8) is 0 Å². The first-order chi connectivity index (χ1) is 17.1. The minimum atomic E-state index is -0.391. The molecule has 0 atom stereocenters. The van der Waals surface area contributed by atoms with Crippen molar-refractivity contribution in [2.24, 2.45) is 0 Å². The van der Waals surface area contributed by atoms with Crippen LogP contribution in [0.4, 0.5) is 4.39 Å². The van der Waals surface area contributed by atoms with Crippen molar-refractivity contribution in [3.8, 4) is 28.6 Å². The Morgan fingerprint density at radius 3 is 2.40 bits per heavy atom. The number of benzene rings is 3. The van der Waals surface area contributed by atoms with E-state index in [1.54, 1.807) is 50.6 Å². The van der Waals surface area contributed by atoms with Gasteiger partial charge < -0.3 is 14.0 Å². The average molecular weight is 491 g/mol. The third-order valence-corrected chi connectivity index (χ3v) is 6.16. The van der Waals surface area contributed by atoms with E-state index in [1.165, 1.54) is 40.6 Å². The zero-order chi connectivity index (χ0) is 24.4. The molecule has 0 aliphatic heterocycles. The highest BCUT2D eigenvalue weighted by atomic mass is 32.2. The fourth-order valence-corrected chi connectivity index (χ4v) is 4.37. The van der Waals surface area contributed by atoms with Gasteiger partial charge in [0.05, 0.1) is 36.6 Å². The SMILES string of the molecule is COc1cc(OC)cc(-c2noc(CSc3nc4ccccc4c(=O)n3-c3ccc(F)cc3)n2)c1. The average Bonchev–Trinajstić information content (AvgIpc) is 3.37. The lowest BCUT2D eigenvalue weighted by Gasteiger charge is -2.12. The number of hydrogen-bond donors (Lipinski definition) is 0. The van der Waals surface area contributed by atoms with E-state index < -0.39 is 5.82 Å². The minimum absolute atomic E-state index is 0.251. The van der Waals surface area contributed by atoms with Crippen molar-refractivity contribution in [2.75, 3.05) is 14.2 Å². The topological polar surface area (TPSA) is 92.3 Å². The van der Waals surface area contributed by atoms with Crippen LogP contribution in [0.5, 0.6) is 11.5 Å². The molecule has 35 heavy (non-hydrogen) atoms. The zero-order valence-electron chi connectivity index (χ0n) is 18.8. The number of aromatic nitrogens is 4. The van der Waals surface area contributed by atoms with Gasteiger partial charge in [0, 0.05) is 11.6 Å². The van der Waals surface area contributed by atoms with Crippen molar-refractivity contribution >= 4 is 22.7 Å². The van der Waals surface area contributed by atoms with Gasteiger partial charge in [-0.1, -0.05) is 29.1 Å². The number of halogens is 1. The number of hydrogen-bond acceptors (Lipinski definition) is 8. The summed E-state index contributed by atoms with van der Waals surface area (Å²) in [6.07, 6.45) is 0. The summed E-state index contributed by atoms with van der Waals surface area (Å²) < 4.78 is 31.0. The van der Waals surface area contributed by atoms with Gasteiger partial charge in [-0.25, -0.2) is 9.37 Å². The van der Waals surface area contributed by atoms with Gasteiger partial charge in [0.15, 0.2) is 5.16 Å². The second-order valence-corrected chi connectivity index (χ2v) is 8.37. The van der Waals surface area contributed by atoms with Gasteiger partial charge in [0.25, 0.3) is 5.56 Å². The lowest BCUT2D eigenvalue weighted by Crippen LogP contribution is -2.21. The van der Waals surface area contributed by atoms with Crippen molar-refractivity contribution in [1.82, 2.24) is 19.7 Å². The van der Waals surface area contributed by atoms with Crippen LogP contribution in [0.15, 0.2) is 81.2 Å². The predicted octanol–water partition coefficient (Wildman–Crippen LogP) is 4.88. The highest BCUT2D eigenvalue weighted by molar-refractivity contribution is 7.98. The normalized spacial score (nSPS) is 11.1. The van der Waals surface area contributed by atoms with Gasteiger partial charge in [0.1, 0.15) is 17.3 Å². The molecule has 0 saturated heterocycles. The first-order valence-corrected chi connectivity index (χ1v) is 11.5. The summed E-state index contributed by atoms with van der Waals surface area (Å²) in [5, 5.41) is 4.95. The molecular formula is C25H19FN4O4S. The molecule has 0 unspecified atom stereocenters. The molecule has 0 spiro atoms. The molecule has 3 aromatic carbocycles. The fraction of sp³-hybridized carbons (Fsp3) is 0.120. The molecule has 5 aromatic rings. The number of para-hydroxylation sites is 1. The maximum atomic E-state index is 13.5. The molecule has 0 aliphatic rings. The van der Waals surface area contributed by atoms with E-state index in [4.69, 9.17) is 14.0 Å². The standard InChI is InChI=1S/C25H19FN4O4S/c1-32-18-11-15(12-19(13-18)33-2)23-28-22(34-29-23)14-35-25-27-21-6-4-3-5-20(21)24(31)30(25)17-9-7-16(26)8-10-17/h3-13H,14H2,1-2H3. The second-order valence-electron chi connectivity index (χ2n) is 7.43. The Labute approximate surface area is 203 Å². The lowest BCUT2D eigenvalue weighted by molar-refractivity contribution is 0.390. The van der Waals surface area contributed by atoms with E-state index in [9.17, 15) is 9.18 Å². The Balaban J connectivity index is 1.48. The van der Waals surface area contributed by atoms with Gasteiger partial charge in [-0.15, -0.1) is 0 Å². The van der Waals surface area contributed by atoms with Gasteiger partial charge >= 0.3 is 0 Å². The highest BCUT2D eigenvalue weighted by Gasteiger charge is 2.16. The van der Waals surface area contributed by atoms with Crippen LogP contribution in [0.3, 0.4) is 0 Å². The van der Waals surface area contributed by atoms with Crippen LogP contribution in [0.25, 0.3) is 28.0 Å². The van der Waals surface area contributed by atoms with Crippen LogP contribution in [-0.4, -0.2) is 33.9 Å². The van der Waals surface area contributed by atoms with E-state index in [2.05, 4.69) is 15.1 Å². The molecule has 0 saturated carbocycles. The molecule has 0 fully saturated rings. The Kier molecular flexibility index (Phi) is 6.19. The largest absolute Gasteiger partial charge is 0.497 e. The molecule has 0 radical (unpaired) electrons. The van der Waals surface area contributed by atoms with Crippen LogP contribution in [0, 0.1) is 5.82 Å². The molecule has 2 heterocycles. The maximum Gasteiger partial charge on any atom is 0.266 e. The van der Waals surface area contributed by atoms with Crippen molar-refractivity contribution in [3.05, 3.63) is 88.8 Å². The first kappa shape index (κ1) is 22.6. The van der Waals surface area contributed by atoms with Crippen molar-refractivity contribution < 1.29 is 18.4 Å². The molecular weight excluding hydrogens is 471 g/mol. The van der Waals surface area contributed by atoms with Gasteiger partial charge in [0.2, 0.25) is 11.7 Å². The Bertz CT molecular complexity index is 1540. The number of fused-ring (bicyclic) bond motifs is 1. The smallest absolute Gasteiger partial charge is 0.266 e. The summed E-state index contributed by atoms with van der Waals surface area (Å²) in [5.41, 5.74) is 1.49. The van der Waals surface area contributed by atoms with Crippen LogP contribution >= 0.6 is 11.8 Å². The van der Waals surface area contributed by atoms with E-state index in [0.717, 1.165) is 0 Å². The van der Waals surface area contributed by atoms with Crippen LogP contribution < -0.4 is 15.0 Å². The number of thioether (sulfide) groups is 1. The summed E-state index contributed by atoms with van der Waals surface area (Å²) in [5.74, 6) is 1.80. The van der Waals surface area contributed by atoms with Crippen LogP contribution in [0.1, 0.15) is 5.89 Å². The summed E-state index contributed by atoms with van der Waals surface area (Å²) in [6, 6.07) is 18.1. The Morgan fingerprint density at radius 1 is 0.971 bits per heavy atom. The number of rotatable bonds is 7. The Hall–Kier alpha value is -4.18. The third-order valence-electron chi connectivity index (χ3n) is 5.23. The predicted molar refractivity (Wildman–Crippen MR) is 130 cm³/mol. The molecule has 2 aromatic heterocycles. The quantitative estimate of drug-likeness (QED) is 0.235. The van der Waals surface area contributed by atoms with Crippen molar-refractivity contribution in [1.29, 1.82) is 0 Å². The number of nitrogens with zero attached hydrogens (tertiary/aromatic N) is 4. The molecule has 0 aliphatic carbocycles. The zero-order valence-corrected chi connectivity index (χ0v) is 19.6. The highest BCUT2D eigenvalue weighted by Crippen LogP contribution is 2.29. The molecule has 0 amide bonds. The monoisotopic (exact) mass is 490 g/mol. The minimum Gasteiger partial charge on any atom is -0.497 e. The molecule has 5 rings (SSSR count). The molecule has 0 bridgehead atoms. The van der Waals surface area contributed by atoms with Gasteiger partial charge in [-0.3, -0.25) is 9.36 Å². The molecule has 8 nitrogen and oxygen atoms in total. The summed E-state index contributed by atoms with van der Waals surface area (Å²) in [4.78, 5) is 22.4. The summed E-state index contributed by atoms with van der Waals surface area (Å²) in [6.45, 7) is 0. The van der Waals surface area contributed by atoms with E-state index in [0.29, 0.717) is 50.5 Å². The molecule has 10 heteroatoms. The number of methoxy groups -OCH3 is 2. The van der Waals surface area contributed by atoms with Gasteiger partial charge in [-0.05, 0) is 48.5 Å². The van der Waals surface area contributed by atoms with E-state index >= 15 is 0 Å². The Morgan fingerprint density at radius 2 is 1.69 bits per heavy atom.